The summed E-state index contributed by atoms with van der Waals surface area (Å²) in [6.07, 6.45) is 1.47. The quantitative estimate of drug-likeness (QED) is 0.738. The molecule has 1 amide bonds. The maximum atomic E-state index is 12.3. The minimum Gasteiger partial charge on any atom is -0.306 e. The molecule has 21 heavy (non-hydrogen) atoms. The molecule has 3 aromatic rings. The van der Waals surface area contributed by atoms with Gasteiger partial charge in [0.05, 0.1) is 5.39 Å². The minimum atomic E-state index is -0.158. The van der Waals surface area contributed by atoms with Crippen LogP contribution in [0.3, 0.4) is 0 Å². The van der Waals surface area contributed by atoms with Gasteiger partial charge in [-0.25, -0.2) is 9.97 Å². The lowest BCUT2D eigenvalue weighted by Gasteiger charge is -2.06. The number of thiophene rings is 1. The van der Waals surface area contributed by atoms with Gasteiger partial charge in [-0.2, -0.15) is 0 Å². The van der Waals surface area contributed by atoms with Gasteiger partial charge in [-0.15, -0.1) is 23.1 Å². The highest BCUT2D eigenvalue weighted by molar-refractivity contribution is 7.99. The summed E-state index contributed by atoms with van der Waals surface area (Å²) in [6, 6.07) is 9.50. The van der Waals surface area contributed by atoms with Crippen LogP contribution >= 0.6 is 23.1 Å². The maximum Gasteiger partial charge on any atom is 0.256 e. The van der Waals surface area contributed by atoms with Gasteiger partial charge in [-0.1, -0.05) is 6.92 Å². The van der Waals surface area contributed by atoms with Crippen LogP contribution in [0.5, 0.6) is 0 Å². The van der Waals surface area contributed by atoms with Gasteiger partial charge in [0.15, 0.2) is 0 Å². The standard InChI is InChI=1S/C15H13N3OS2/c1-2-20-11-5-3-10(4-6-11)14(19)18-13-12-7-8-21-15(12)17-9-16-13/h3-9H,2H2,1H3,(H,16,17,18,19). The van der Waals surface area contributed by atoms with Crippen LogP contribution in [0.2, 0.25) is 0 Å². The van der Waals surface area contributed by atoms with E-state index < -0.39 is 0 Å². The number of carbonyl (C=O) groups is 1. The second-order valence-electron chi connectivity index (χ2n) is 4.27. The Bertz CT molecular complexity index is 768. The van der Waals surface area contributed by atoms with Crippen molar-refractivity contribution in [3.05, 3.63) is 47.6 Å². The zero-order valence-electron chi connectivity index (χ0n) is 11.4. The molecule has 0 spiro atoms. The van der Waals surface area contributed by atoms with E-state index in [1.165, 1.54) is 17.7 Å². The first kappa shape index (κ1) is 14.0. The molecule has 2 aromatic heterocycles. The molecular weight excluding hydrogens is 302 g/mol. The lowest BCUT2D eigenvalue weighted by atomic mass is 10.2. The number of nitrogens with one attached hydrogen (secondary N) is 1. The summed E-state index contributed by atoms with van der Waals surface area (Å²) in [5.41, 5.74) is 0.623. The van der Waals surface area contributed by atoms with Crippen molar-refractivity contribution < 1.29 is 4.79 Å². The van der Waals surface area contributed by atoms with Gasteiger partial charge in [-0.3, -0.25) is 4.79 Å². The summed E-state index contributed by atoms with van der Waals surface area (Å²) in [7, 11) is 0. The Morgan fingerprint density at radius 2 is 2.05 bits per heavy atom. The first-order chi connectivity index (χ1) is 10.3. The van der Waals surface area contributed by atoms with Crippen LogP contribution in [-0.4, -0.2) is 21.6 Å². The van der Waals surface area contributed by atoms with E-state index in [4.69, 9.17) is 0 Å². The summed E-state index contributed by atoms with van der Waals surface area (Å²) in [5.74, 6) is 1.41. The zero-order valence-corrected chi connectivity index (χ0v) is 13.0. The summed E-state index contributed by atoms with van der Waals surface area (Å²) < 4.78 is 0. The summed E-state index contributed by atoms with van der Waals surface area (Å²) >= 11 is 3.28. The Morgan fingerprint density at radius 3 is 2.81 bits per heavy atom. The Hall–Kier alpha value is -1.92. The Labute approximate surface area is 130 Å². The molecule has 3 rings (SSSR count). The number of carbonyl (C=O) groups excluding carboxylic acids is 1. The highest BCUT2D eigenvalue weighted by atomic mass is 32.2. The number of benzene rings is 1. The number of aromatic nitrogens is 2. The third-order valence-electron chi connectivity index (χ3n) is 2.92. The van der Waals surface area contributed by atoms with Gasteiger partial charge < -0.3 is 5.32 Å². The number of hydrogen-bond acceptors (Lipinski definition) is 5. The molecule has 4 nitrogen and oxygen atoms in total. The number of hydrogen-bond donors (Lipinski definition) is 1. The molecule has 0 fully saturated rings. The van der Waals surface area contributed by atoms with Crippen molar-refractivity contribution in [2.24, 2.45) is 0 Å². The third kappa shape index (κ3) is 3.06. The van der Waals surface area contributed by atoms with E-state index in [2.05, 4.69) is 22.2 Å². The van der Waals surface area contributed by atoms with Crippen LogP contribution in [0.25, 0.3) is 10.2 Å². The third-order valence-corrected chi connectivity index (χ3v) is 4.64. The highest BCUT2D eigenvalue weighted by Gasteiger charge is 2.10. The summed E-state index contributed by atoms with van der Waals surface area (Å²) in [4.78, 5) is 22.6. The molecule has 1 aromatic carbocycles. The van der Waals surface area contributed by atoms with Crippen LogP contribution in [0, 0.1) is 0 Å². The van der Waals surface area contributed by atoms with E-state index in [0.717, 1.165) is 20.9 Å². The predicted molar refractivity (Wildman–Crippen MR) is 88.2 cm³/mol. The van der Waals surface area contributed by atoms with E-state index in [0.29, 0.717) is 11.4 Å². The van der Waals surface area contributed by atoms with Crippen molar-refractivity contribution >= 4 is 45.0 Å². The van der Waals surface area contributed by atoms with Crippen LogP contribution in [0.15, 0.2) is 46.9 Å². The molecule has 0 radical (unpaired) electrons. The number of nitrogens with zero attached hydrogens (tertiary/aromatic N) is 2. The van der Waals surface area contributed by atoms with E-state index in [1.54, 1.807) is 11.8 Å². The van der Waals surface area contributed by atoms with Gasteiger partial charge in [-0.05, 0) is 41.5 Å². The largest absolute Gasteiger partial charge is 0.306 e. The number of rotatable bonds is 4. The predicted octanol–water partition coefficient (Wildman–Crippen LogP) is 4.06. The van der Waals surface area contributed by atoms with Gasteiger partial charge in [0, 0.05) is 10.5 Å². The second kappa shape index (κ2) is 6.24. The molecule has 0 unspecified atom stereocenters. The van der Waals surface area contributed by atoms with Crippen LogP contribution in [0.1, 0.15) is 17.3 Å². The first-order valence-electron chi connectivity index (χ1n) is 6.50. The molecule has 0 aliphatic rings. The lowest BCUT2D eigenvalue weighted by Crippen LogP contribution is -2.13. The fourth-order valence-electron chi connectivity index (χ4n) is 1.94. The fourth-order valence-corrected chi connectivity index (χ4v) is 3.33. The molecule has 0 aliphatic heterocycles. The smallest absolute Gasteiger partial charge is 0.256 e. The Kier molecular flexibility index (Phi) is 4.17. The van der Waals surface area contributed by atoms with E-state index in [-0.39, 0.29) is 5.91 Å². The van der Waals surface area contributed by atoms with Crippen LogP contribution in [-0.2, 0) is 0 Å². The monoisotopic (exact) mass is 315 g/mol. The Morgan fingerprint density at radius 1 is 1.24 bits per heavy atom. The molecule has 0 aliphatic carbocycles. The van der Waals surface area contributed by atoms with Crippen molar-refractivity contribution in [1.82, 2.24) is 9.97 Å². The molecular formula is C15H13N3OS2. The summed E-state index contributed by atoms with van der Waals surface area (Å²) in [5, 5.41) is 5.65. The number of amides is 1. The Balaban J connectivity index is 1.81. The average molecular weight is 315 g/mol. The van der Waals surface area contributed by atoms with E-state index in [1.807, 2.05) is 35.7 Å². The van der Waals surface area contributed by atoms with E-state index >= 15 is 0 Å². The SMILES string of the molecule is CCSc1ccc(C(=O)Nc2ncnc3sccc23)cc1. The number of fused-ring (bicyclic) bond motifs is 1. The van der Waals surface area contributed by atoms with E-state index in [9.17, 15) is 4.79 Å². The van der Waals surface area contributed by atoms with Crippen molar-refractivity contribution in [1.29, 1.82) is 0 Å². The average Bonchev–Trinajstić information content (AvgIpc) is 2.98. The molecule has 0 saturated heterocycles. The molecule has 106 valence electrons. The normalized spacial score (nSPS) is 10.7. The van der Waals surface area contributed by atoms with Crippen molar-refractivity contribution in [3.63, 3.8) is 0 Å². The summed E-state index contributed by atoms with van der Waals surface area (Å²) in [6.45, 7) is 2.10. The first-order valence-corrected chi connectivity index (χ1v) is 8.37. The van der Waals surface area contributed by atoms with Gasteiger partial charge in [0.1, 0.15) is 17.0 Å². The van der Waals surface area contributed by atoms with Crippen LogP contribution in [0.4, 0.5) is 5.82 Å². The van der Waals surface area contributed by atoms with Crippen molar-refractivity contribution in [2.75, 3.05) is 11.1 Å². The minimum absolute atomic E-state index is 0.158. The maximum absolute atomic E-state index is 12.3. The van der Waals surface area contributed by atoms with Gasteiger partial charge in [0.2, 0.25) is 0 Å². The lowest BCUT2D eigenvalue weighted by molar-refractivity contribution is 0.102. The molecule has 6 heteroatoms. The zero-order chi connectivity index (χ0) is 14.7. The van der Waals surface area contributed by atoms with Crippen LogP contribution < -0.4 is 5.32 Å². The topological polar surface area (TPSA) is 54.9 Å². The van der Waals surface area contributed by atoms with Crippen molar-refractivity contribution in [3.8, 4) is 0 Å². The molecule has 0 bridgehead atoms. The number of thioether (sulfide) groups is 1. The van der Waals surface area contributed by atoms with Crippen molar-refractivity contribution in [2.45, 2.75) is 11.8 Å². The molecule has 2 heterocycles. The number of anilines is 1. The van der Waals surface area contributed by atoms with Gasteiger partial charge >= 0.3 is 0 Å². The second-order valence-corrected chi connectivity index (χ2v) is 6.51. The highest BCUT2D eigenvalue weighted by Crippen LogP contribution is 2.24. The fraction of sp³-hybridized carbons (Fsp3) is 0.133. The molecule has 0 atom stereocenters. The molecule has 1 N–H and O–H groups in total. The van der Waals surface area contributed by atoms with Gasteiger partial charge in [0.25, 0.3) is 5.91 Å². The molecule has 0 saturated carbocycles.